The fraction of sp³-hybridized carbons (Fsp3) is 0.929. The lowest BCUT2D eigenvalue weighted by atomic mass is 10.1. The molecule has 0 aromatic rings. The molecule has 0 radical (unpaired) electrons. The van der Waals surface area contributed by atoms with E-state index >= 15 is 0 Å². The van der Waals surface area contributed by atoms with E-state index < -0.39 is 0 Å². The Morgan fingerprint density at radius 3 is 0.853 bits per heavy atom. The summed E-state index contributed by atoms with van der Waals surface area (Å²) in [5.41, 5.74) is 0. The van der Waals surface area contributed by atoms with Crippen LogP contribution in [0.4, 0.5) is 0 Å². The second-order valence-electron chi connectivity index (χ2n) is 19.8. The second kappa shape index (κ2) is 48.4. The van der Waals surface area contributed by atoms with Crippen LogP contribution >= 0.6 is 0 Å². The van der Waals surface area contributed by atoms with Gasteiger partial charge in [-0.3, -0.25) is 19.2 Å². The second-order valence-corrected chi connectivity index (χ2v) is 19.8. The van der Waals surface area contributed by atoms with Crippen LogP contribution in [0.1, 0.15) is 233 Å². The Balaban J connectivity index is 2.44. The van der Waals surface area contributed by atoms with Gasteiger partial charge in [0.25, 0.3) is 0 Å². The highest BCUT2D eigenvalue weighted by Crippen LogP contribution is 2.13. The average molecular weight is 965 g/mol. The molecule has 0 amide bonds. The first-order chi connectivity index (χ1) is 33.3. The SMILES string of the molecule is CCCCCCCCCCCOC(=O)CCN(CCCN1CCN(CCCN(CCC(=O)OCCCCCCCCCCC)CCC(=O)OCCCCCCCCCCC)CC1)CCC(=O)OC. The first-order valence-electron chi connectivity index (χ1n) is 28.7. The predicted molar refractivity (Wildman–Crippen MR) is 280 cm³/mol. The quantitative estimate of drug-likeness (QED) is 0.0328. The van der Waals surface area contributed by atoms with E-state index in [9.17, 15) is 19.2 Å². The highest BCUT2D eigenvalue weighted by Gasteiger charge is 2.19. The van der Waals surface area contributed by atoms with E-state index in [2.05, 4.69) is 40.4 Å². The zero-order chi connectivity index (χ0) is 49.4. The molecule has 0 aromatic carbocycles. The van der Waals surface area contributed by atoms with Crippen molar-refractivity contribution in [3.63, 3.8) is 0 Å². The molecule has 0 atom stereocenters. The topological polar surface area (TPSA) is 118 Å². The van der Waals surface area contributed by atoms with Gasteiger partial charge in [-0.05, 0) is 58.3 Å². The van der Waals surface area contributed by atoms with Crippen LogP contribution in [-0.2, 0) is 38.1 Å². The predicted octanol–water partition coefficient (Wildman–Crippen LogP) is 11.9. The van der Waals surface area contributed by atoms with E-state index in [1.165, 1.54) is 142 Å². The number of unbranched alkanes of at least 4 members (excludes halogenated alkanes) is 24. The fourth-order valence-corrected chi connectivity index (χ4v) is 9.06. The molecule has 68 heavy (non-hydrogen) atoms. The average Bonchev–Trinajstić information content (AvgIpc) is 3.34. The third kappa shape index (κ3) is 41.5. The number of esters is 4. The van der Waals surface area contributed by atoms with Crippen LogP contribution < -0.4 is 0 Å². The van der Waals surface area contributed by atoms with E-state index in [1.54, 1.807) is 0 Å². The molecule has 400 valence electrons. The zero-order valence-electron chi connectivity index (χ0n) is 45.0. The Labute approximate surface area is 418 Å². The molecule has 1 aliphatic heterocycles. The Morgan fingerprint density at radius 2 is 0.588 bits per heavy atom. The zero-order valence-corrected chi connectivity index (χ0v) is 45.0. The highest BCUT2D eigenvalue weighted by atomic mass is 16.5. The minimum atomic E-state index is -0.230. The minimum absolute atomic E-state index is 0.146. The van der Waals surface area contributed by atoms with Crippen LogP contribution in [0.5, 0.6) is 0 Å². The number of carbonyl (C=O) groups is 4. The Kier molecular flexibility index (Phi) is 45.3. The fourth-order valence-electron chi connectivity index (χ4n) is 9.06. The lowest BCUT2D eigenvalue weighted by molar-refractivity contribution is -0.145. The summed E-state index contributed by atoms with van der Waals surface area (Å²) in [4.78, 5) is 59.5. The number of carbonyl (C=O) groups excluding carboxylic acids is 4. The summed E-state index contributed by atoms with van der Waals surface area (Å²) in [5.74, 6) is -0.679. The summed E-state index contributed by atoms with van der Waals surface area (Å²) in [6.07, 6.45) is 36.6. The van der Waals surface area contributed by atoms with Crippen LogP contribution in [0.3, 0.4) is 0 Å². The summed E-state index contributed by atoms with van der Waals surface area (Å²) in [6, 6.07) is 0. The molecule has 1 aliphatic rings. The van der Waals surface area contributed by atoms with Crippen LogP contribution in [0, 0.1) is 0 Å². The Hall–Kier alpha value is -2.28. The standard InChI is InChI=1S/C56H108N4O8/c1-5-8-11-14-17-20-23-26-29-50-66-54(62)35-43-57(42-34-53(61)65-4)38-32-40-59-46-48-60(49-47-59)41-33-39-58(44-36-55(63)67-51-30-27-24-21-18-15-12-9-6-2)45-37-56(64)68-52-31-28-25-22-19-16-13-10-7-3/h5-52H2,1-4H3. The van der Waals surface area contributed by atoms with Crippen molar-refractivity contribution in [2.45, 2.75) is 233 Å². The first kappa shape index (κ1) is 63.7. The van der Waals surface area contributed by atoms with E-state index in [0.29, 0.717) is 71.7 Å². The maximum absolute atomic E-state index is 12.7. The lowest BCUT2D eigenvalue weighted by Crippen LogP contribution is -2.47. The number of ether oxygens (including phenoxy) is 4. The number of rotatable bonds is 50. The summed E-state index contributed by atoms with van der Waals surface area (Å²) >= 11 is 0. The molecule has 12 nitrogen and oxygen atoms in total. The van der Waals surface area contributed by atoms with Crippen molar-refractivity contribution in [2.75, 3.05) is 105 Å². The smallest absolute Gasteiger partial charge is 0.307 e. The molecule has 12 heteroatoms. The van der Waals surface area contributed by atoms with Crippen LogP contribution in [0.2, 0.25) is 0 Å². The van der Waals surface area contributed by atoms with Crippen molar-refractivity contribution in [1.82, 2.24) is 19.6 Å². The van der Waals surface area contributed by atoms with E-state index in [4.69, 9.17) is 18.9 Å². The van der Waals surface area contributed by atoms with Gasteiger partial charge in [0, 0.05) is 52.4 Å². The summed E-state index contributed by atoms with van der Waals surface area (Å²) in [6.45, 7) is 18.2. The number of hydrogen-bond donors (Lipinski definition) is 0. The molecule has 0 unspecified atom stereocenters. The van der Waals surface area contributed by atoms with E-state index in [-0.39, 0.29) is 23.9 Å². The van der Waals surface area contributed by atoms with Gasteiger partial charge in [-0.25, -0.2) is 0 Å². The van der Waals surface area contributed by atoms with Crippen LogP contribution in [-0.4, -0.2) is 149 Å². The molecular formula is C56H108N4O8. The molecule has 1 rings (SSSR count). The van der Waals surface area contributed by atoms with Gasteiger partial charge in [0.15, 0.2) is 0 Å². The van der Waals surface area contributed by atoms with Crippen LogP contribution in [0.15, 0.2) is 0 Å². The largest absolute Gasteiger partial charge is 0.469 e. The maximum Gasteiger partial charge on any atom is 0.307 e. The molecule has 1 fully saturated rings. The van der Waals surface area contributed by atoms with Gasteiger partial charge in [0.05, 0.1) is 52.6 Å². The number of piperazine rings is 1. The third-order valence-electron chi connectivity index (χ3n) is 13.7. The van der Waals surface area contributed by atoms with Crippen molar-refractivity contribution < 1.29 is 38.1 Å². The van der Waals surface area contributed by atoms with Crippen molar-refractivity contribution in [3.8, 4) is 0 Å². The summed E-state index contributed by atoms with van der Waals surface area (Å²) < 4.78 is 21.7. The molecule has 0 N–H and O–H groups in total. The van der Waals surface area contributed by atoms with Gasteiger partial charge in [0.1, 0.15) is 0 Å². The van der Waals surface area contributed by atoms with Gasteiger partial charge in [-0.15, -0.1) is 0 Å². The van der Waals surface area contributed by atoms with Gasteiger partial charge in [-0.2, -0.15) is 0 Å². The third-order valence-corrected chi connectivity index (χ3v) is 13.7. The first-order valence-corrected chi connectivity index (χ1v) is 28.7. The molecule has 0 bridgehead atoms. The molecule has 0 saturated carbocycles. The number of methoxy groups -OCH3 is 1. The van der Waals surface area contributed by atoms with Crippen LogP contribution in [0.25, 0.3) is 0 Å². The number of nitrogens with zero attached hydrogens (tertiary/aromatic N) is 4. The molecule has 1 saturated heterocycles. The van der Waals surface area contributed by atoms with Crippen molar-refractivity contribution in [2.24, 2.45) is 0 Å². The van der Waals surface area contributed by atoms with Gasteiger partial charge < -0.3 is 38.5 Å². The molecular weight excluding hydrogens is 857 g/mol. The highest BCUT2D eigenvalue weighted by molar-refractivity contribution is 5.70. The Morgan fingerprint density at radius 1 is 0.338 bits per heavy atom. The van der Waals surface area contributed by atoms with E-state index in [0.717, 1.165) is 104 Å². The van der Waals surface area contributed by atoms with Gasteiger partial charge in [0.2, 0.25) is 0 Å². The molecule has 1 heterocycles. The molecule has 0 aliphatic carbocycles. The van der Waals surface area contributed by atoms with Gasteiger partial charge in [-0.1, -0.05) is 175 Å². The maximum atomic E-state index is 12.7. The van der Waals surface area contributed by atoms with Crippen molar-refractivity contribution in [1.29, 1.82) is 0 Å². The van der Waals surface area contributed by atoms with E-state index in [1.807, 2.05) is 0 Å². The summed E-state index contributed by atoms with van der Waals surface area (Å²) in [7, 11) is 1.42. The van der Waals surface area contributed by atoms with Gasteiger partial charge >= 0.3 is 23.9 Å². The minimum Gasteiger partial charge on any atom is -0.469 e. The van der Waals surface area contributed by atoms with Crippen molar-refractivity contribution >= 4 is 23.9 Å². The van der Waals surface area contributed by atoms with Crippen molar-refractivity contribution in [3.05, 3.63) is 0 Å². The monoisotopic (exact) mass is 965 g/mol. The Bertz CT molecular complexity index is 1130. The molecule has 0 aromatic heterocycles. The summed E-state index contributed by atoms with van der Waals surface area (Å²) in [5, 5.41) is 0. The molecule has 0 spiro atoms. The normalized spacial score (nSPS) is 13.4. The number of hydrogen-bond acceptors (Lipinski definition) is 12. The lowest BCUT2D eigenvalue weighted by Gasteiger charge is -2.35.